The summed E-state index contributed by atoms with van der Waals surface area (Å²) in [6.45, 7) is 12.6. The Labute approximate surface area is 158 Å². The van der Waals surface area contributed by atoms with Crippen LogP contribution in [0, 0.1) is 22.7 Å². The van der Waals surface area contributed by atoms with Crippen molar-refractivity contribution in [3.63, 3.8) is 0 Å². The van der Waals surface area contributed by atoms with Crippen LogP contribution in [0.3, 0.4) is 0 Å². The van der Waals surface area contributed by atoms with Gasteiger partial charge >= 0.3 is 0 Å². The average molecular weight is 356 g/mol. The maximum atomic E-state index is 13.1. The van der Waals surface area contributed by atoms with E-state index in [1.807, 2.05) is 43.3 Å². The van der Waals surface area contributed by atoms with Crippen LogP contribution in [-0.2, 0) is 9.59 Å². The first kappa shape index (κ1) is 20.4. The third kappa shape index (κ3) is 4.25. The highest BCUT2D eigenvalue weighted by molar-refractivity contribution is 6.26. The molecule has 1 saturated carbocycles. The molecule has 0 radical (unpaired) electrons. The molecule has 1 aliphatic carbocycles. The molecule has 0 bridgehead atoms. The minimum atomic E-state index is -0.158. The van der Waals surface area contributed by atoms with Gasteiger partial charge in [-0.3, -0.25) is 9.59 Å². The van der Waals surface area contributed by atoms with Crippen LogP contribution in [0.5, 0.6) is 0 Å². The van der Waals surface area contributed by atoms with Gasteiger partial charge in [-0.1, -0.05) is 53.7 Å². The molecular formula is C23H33NO2. The highest BCUT2D eigenvalue weighted by Gasteiger charge is 2.47. The van der Waals surface area contributed by atoms with Gasteiger partial charge in [-0.25, -0.2) is 0 Å². The van der Waals surface area contributed by atoms with Crippen molar-refractivity contribution in [3.8, 4) is 0 Å². The minimum absolute atomic E-state index is 0.000291. The second kappa shape index (κ2) is 7.02. The van der Waals surface area contributed by atoms with Crippen LogP contribution in [0.25, 0.3) is 6.08 Å². The van der Waals surface area contributed by atoms with Gasteiger partial charge in [0.1, 0.15) is 0 Å². The molecule has 1 aromatic carbocycles. The predicted molar refractivity (Wildman–Crippen MR) is 109 cm³/mol. The summed E-state index contributed by atoms with van der Waals surface area (Å²) in [7, 11) is 3.98. The molecular weight excluding hydrogens is 322 g/mol. The molecule has 0 aromatic heterocycles. The molecule has 26 heavy (non-hydrogen) atoms. The number of hydrogen-bond donors (Lipinski definition) is 0. The molecule has 1 aromatic rings. The number of allylic oxidation sites excluding steroid dienone is 1. The Balaban J connectivity index is 2.48. The molecule has 2 rings (SSSR count). The number of benzene rings is 1. The van der Waals surface area contributed by atoms with Gasteiger partial charge in [0.05, 0.1) is 5.57 Å². The number of ketones is 2. The van der Waals surface area contributed by atoms with E-state index in [4.69, 9.17) is 0 Å². The van der Waals surface area contributed by atoms with Gasteiger partial charge < -0.3 is 4.90 Å². The summed E-state index contributed by atoms with van der Waals surface area (Å²) in [6, 6.07) is 7.95. The lowest BCUT2D eigenvalue weighted by atomic mass is 9.60. The van der Waals surface area contributed by atoms with Gasteiger partial charge in [-0.05, 0) is 41.0 Å². The molecule has 0 N–H and O–H groups in total. The maximum Gasteiger partial charge on any atom is 0.170 e. The van der Waals surface area contributed by atoms with Crippen molar-refractivity contribution in [1.82, 2.24) is 0 Å². The van der Waals surface area contributed by atoms with E-state index in [9.17, 15) is 9.59 Å². The zero-order valence-electron chi connectivity index (χ0n) is 17.5. The third-order valence-corrected chi connectivity index (χ3v) is 5.45. The summed E-state index contributed by atoms with van der Waals surface area (Å²) in [4.78, 5) is 28.3. The number of carbonyl (C=O) groups excluding carboxylic acids is 2. The van der Waals surface area contributed by atoms with E-state index in [0.717, 1.165) is 11.3 Å². The van der Waals surface area contributed by atoms with E-state index >= 15 is 0 Å². The summed E-state index contributed by atoms with van der Waals surface area (Å²) in [6.07, 6.45) is 2.43. The van der Waals surface area contributed by atoms with E-state index in [2.05, 4.69) is 41.5 Å². The summed E-state index contributed by atoms with van der Waals surface area (Å²) < 4.78 is 0. The van der Waals surface area contributed by atoms with Crippen molar-refractivity contribution in [2.75, 3.05) is 19.0 Å². The molecule has 2 atom stereocenters. The fourth-order valence-electron chi connectivity index (χ4n) is 3.62. The fourth-order valence-corrected chi connectivity index (χ4v) is 3.62. The number of nitrogens with zero attached hydrogens (tertiary/aromatic N) is 1. The van der Waals surface area contributed by atoms with Gasteiger partial charge in [0, 0.05) is 31.6 Å². The zero-order valence-corrected chi connectivity index (χ0v) is 17.5. The molecule has 0 aliphatic heterocycles. The number of carbonyl (C=O) groups is 2. The largest absolute Gasteiger partial charge is 0.378 e. The fraction of sp³-hybridized carbons (Fsp3) is 0.565. The Hall–Kier alpha value is -1.90. The summed E-state index contributed by atoms with van der Waals surface area (Å²) >= 11 is 0. The minimum Gasteiger partial charge on any atom is -0.378 e. The van der Waals surface area contributed by atoms with Crippen LogP contribution in [0.2, 0.25) is 0 Å². The number of anilines is 1. The van der Waals surface area contributed by atoms with E-state index in [0.29, 0.717) is 12.0 Å². The number of rotatable bonds is 2. The van der Waals surface area contributed by atoms with Crippen molar-refractivity contribution in [2.24, 2.45) is 22.7 Å². The lowest BCUT2D eigenvalue weighted by Gasteiger charge is -2.41. The van der Waals surface area contributed by atoms with Crippen molar-refractivity contribution in [1.29, 1.82) is 0 Å². The Morgan fingerprint density at radius 3 is 1.62 bits per heavy atom. The Bertz CT molecular complexity index is 678. The predicted octanol–water partition coefficient (Wildman–Crippen LogP) is 5.00. The Kier molecular flexibility index (Phi) is 5.51. The number of Topliss-reactive ketones (excluding diaryl/α,β-unsaturated/α-hetero) is 2. The van der Waals surface area contributed by atoms with Crippen LogP contribution in [0.1, 0.15) is 53.5 Å². The van der Waals surface area contributed by atoms with Crippen molar-refractivity contribution < 1.29 is 9.59 Å². The lowest BCUT2D eigenvalue weighted by molar-refractivity contribution is -0.135. The lowest BCUT2D eigenvalue weighted by Crippen LogP contribution is -2.45. The molecule has 0 spiro atoms. The first-order valence-corrected chi connectivity index (χ1v) is 9.40. The van der Waals surface area contributed by atoms with Gasteiger partial charge in [-0.2, -0.15) is 0 Å². The second-order valence-electron chi connectivity index (χ2n) is 9.85. The normalized spacial score (nSPS) is 23.5. The summed E-state index contributed by atoms with van der Waals surface area (Å²) in [5, 5.41) is 0. The standard InChI is InChI=1S/C23H33NO2/c1-22(2,3)18-14-19(23(4,5)6)21(26)17(20(18)25)13-15-9-11-16(12-10-15)24(7)8/h9-13,18-19H,14H2,1-8H3/t18-,19+. The van der Waals surface area contributed by atoms with Crippen LogP contribution in [0.15, 0.2) is 29.8 Å². The molecule has 0 saturated heterocycles. The molecule has 0 amide bonds. The van der Waals surface area contributed by atoms with Crippen molar-refractivity contribution in [2.45, 2.75) is 48.0 Å². The Morgan fingerprint density at radius 1 is 0.846 bits per heavy atom. The van der Waals surface area contributed by atoms with Crippen LogP contribution >= 0.6 is 0 Å². The molecule has 0 unspecified atom stereocenters. The van der Waals surface area contributed by atoms with Crippen LogP contribution in [-0.4, -0.2) is 25.7 Å². The summed E-state index contributed by atoms with van der Waals surface area (Å²) in [5.41, 5.74) is 2.04. The van der Waals surface area contributed by atoms with Crippen LogP contribution < -0.4 is 4.90 Å². The van der Waals surface area contributed by atoms with Gasteiger partial charge in [0.25, 0.3) is 0 Å². The monoisotopic (exact) mass is 355 g/mol. The third-order valence-electron chi connectivity index (χ3n) is 5.45. The van der Waals surface area contributed by atoms with Gasteiger partial charge in [0.15, 0.2) is 11.6 Å². The SMILES string of the molecule is CN(C)c1ccc(C=C2C(=O)[C@H](C(C)(C)C)C[C@H](C(C)(C)C)C2=O)cc1. The smallest absolute Gasteiger partial charge is 0.170 e. The van der Waals surface area contributed by atoms with E-state index in [1.165, 1.54) is 0 Å². The quantitative estimate of drug-likeness (QED) is 0.553. The van der Waals surface area contributed by atoms with E-state index in [1.54, 1.807) is 6.08 Å². The van der Waals surface area contributed by atoms with Crippen molar-refractivity contribution >= 4 is 23.3 Å². The highest BCUT2D eigenvalue weighted by atomic mass is 16.2. The zero-order chi connectivity index (χ0) is 19.9. The molecule has 3 nitrogen and oxygen atoms in total. The molecule has 0 heterocycles. The first-order chi connectivity index (χ1) is 11.8. The second-order valence-corrected chi connectivity index (χ2v) is 9.85. The molecule has 1 fully saturated rings. The number of hydrogen-bond acceptors (Lipinski definition) is 3. The van der Waals surface area contributed by atoms with Crippen molar-refractivity contribution in [3.05, 3.63) is 35.4 Å². The van der Waals surface area contributed by atoms with E-state index < -0.39 is 0 Å². The van der Waals surface area contributed by atoms with Gasteiger partial charge in [0.2, 0.25) is 0 Å². The average Bonchev–Trinajstić information content (AvgIpc) is 2.49. The Morgan fingerprint density at radius 2 is 1.27 bits per heavy atom. The summed E-state index contributed by atoms with van der Waals surface area (Å²) in [5.74, 6) is -0.257. The highest BCUT2D eigenvalue weighted by Crippen LogP contribution is 2.45. The molecule has 142 valence electrons. The molecule has 1 aliphatic rings. The van der Waals surface area contributed by atoms with Crippen LogP contribution in [0.4, 0.5) is 5.69 Å². The first-order valence-electron chi connectivity index (χ1n) is 9.40. The molecule has 3 heteroatoms. The van der Waals surface area contributed by atoms with E-state index in [-0.39, 0.29) is 34.2 Å². The topological polar surface area (TPSA) is 37.4 Å². The maximum absolute atomic E-state index is 13.1. The van der Waals surface area contributed by atoms with Gasteiger partial charge in [-0.15, -0.1) is 0 Å².